The van der Waals surface area contributed by atoms with Gasteiger partial charge in [-0.1, -0.05) is 29.8 Å². The van der Waals surface area contributed by atoms with Crippen LogP contribution in [0.4, 0.5) is 4.79 Å². The summed E-state index contributed by atoms with van der Waals surface area (Å²) in [6.45, 7) is 2.86. The van der Waals surface area contributed by atoms with Gasteiger partial charge in [-0.2, -0.15) is 0 Å². The van der Waals surface area contributed by atoms with Crippen LogP contribution in [-0.2, 0) is 6.42 Å². The molecule has 2 amide bonds. The number of benzene rings is 1. The van der Waals surface area contributed by atoms with Crippen molar-refractivity contribution in [1.82, 2.24) is 15.2 Å². The highest BCUT2D eigenvalue weighted by Crippen LogP contribution is 2.35. The lowest BCUT2D eigenvalue weighted by atomic mass is 9.88. The number of aromatic nitrogens is 1. The predicted octanol–water partition coefficient (Wildman–Crippen LogP) is 3.21. The summed E-state index contributed by atoms with van der Waals surface area (Å²) in [5, 5.41) is 3.13. The molecule has 1 aliphatic carbocycles. The number of hydrogen-bond donors (Lipinski definition) is 1. The Hall–Kier alpha value is -2.36. The van der Waals surface area contributed by atoms with Crippen molar-refractivity contribution in [2.45, 2.75) is 38.3 Å². The third-order valence-electron chi connectivity index (χ3n) is 4.69. The summed E-state index contributed by atoms with van der Waals surface area (Å²) in [5.74, 6) is 0. The second kappa shape index (κ2) is 5.69. The molecule has 0 saturated heterocycles. The molecule has 0 spiro atoms. The second-order valence-electron chi connectivity index (χ2n) is 6.56. The van der Waals surface area contributed by atoms with E-state index in [1.54, 1.807) is 6.20 Å². The maximum absolute atomic E-state index is 12.7. The maximum atomic E-state index is 12.7. The average Bonchev–Trinajstić information content (AvgIpc) is 3.38. The van der Waals surface area contributed by atoms with Crippen LogP contribution in [0.2, 0.25) is 0 Å². The van der Waals surface area contributed by atoms with Gasteiger partial charge in [0.25, 0.3) is 0 Å². The molecule has 1 unspecified atom stereocenters. The van der Waals surface area contributed by atoms with Gasteiger partial charge < -0.3 is 10.2 Å². The highest BCUT2D eigenvalue weighted by molar-refractivity contribution is 5.76. The molecule has 2 heterocycles. The number of pyridine rings is 1. The number of amides is 2. The highest BCUT2D eigenvalue weighted by Gasteiger charge is 2.34. The van der Waals surface area contributed by atoms with Gasteiger partial charge in [-0.05, 0) is 48.9 Å². The summed E-state index contributed by atoms with van der Waals surface area (Å²) >= 11 is 0. The molecule has 1 fully saturated rings. The van der Waals surface area contributed by atoms with E-state index in [0.29, 0.717) is 6.04 Å². The quantitative estimate of drug-likeness (QED) is 0.926. The van der Waals surface area contributed by atoms with E-state index in [1.807, 2.05) is 17.2 Å². The van der Waals surface area contributed by atoms with Gasteiger partial charge in [0.2, 0.25) is 0 Å². The van der Waals surface area contributed by atoms with Crippen molar-refractivity contribution in [3.63, 3.8) is 0 Å². The zero-order chi connectivity index (χ0) is 15.8. The van der Waals surface area contributed by atoms with Gasteiger partial charge in [0, 0.05) is 25.0 Å². The van der Waals surface area contributed by atoms with E-state index < -0.39 is 0 Å². The number of hydrogen-bond acceptors (Lipinski definition) is 2. The fourth-order valence-corrected chi connectivity index (χ4v) is 3.36. The molecule has 1 aromatic carbocycles. The van der Waals surface area contributed by atoms with Gasteiger partial charge in [0.1, 0.15) is 0 Å². The highest BCUT2D eigenvalue weighted by atomic mass is 16.2. The fraction of sp³-hybridized carbons (Fsp3) is 0.368. The first kappa shape index (κ1) is 14.2. The third kappa shape index (κ3) is 2.81. The molecule has 4 rings (SSSR count). The van der Waals surface area contributed by atoms with Crippen LogP contribution < -0.4 is 5.32 Å². The first-order valence-corrected chi connectivity index (χ1v) is 8.29. The Balaban J connectivity index is 1.74. The van der Waals surface area contributed by atoms with Crippen molar-refractivity contribution in [3.05, 3.63) is 65.0 Å². The van der Waals surface area contributed by atoms with Gasteiger partial charge in [-0.15, -0.1) is 0 Å². The molecule has 0 radical (unpaired) electrons. The average molecular weight is 307 g/mol. The van der Waals surface area contributed by atoms with E-state index in [1.165, 1.54) is 16.7 Å². The lowest BCUT2D eigenvalue weighted by molar-refractivity contribution is 0.179. The van der Waals surface area contributed by atoms with Crippen LogP contribution in [0, 0.1) is 6.92 Å². The van der Waals surface area contributed by atoms with Crippen LogP contribution in [0.15, 0.2) is 42.7 Å². The Bertz CT molecular complexity index is 725. The zero-order valence-corrected chi connectivity index (χ0v) is 13.3. The SMILES string of the molecule is Cc1ccc2c(c1)CCN(C(=O)NC1CC1)C2c1cccnc1. The molecule has 4 heteroatoms. The van der Waals surface area contributed by atoms with Crippen molar-refractivity contribution in [1.29, 1.82) is 0 Å². The minimum Gasteiger partial charge on any atom is -0.335 e. The topological polar surface area (TPSA) is 45.2 Å². The summed E-state index contributed by atoms with van der Waals surface area (Å²) < 4.78 is 0. The standard InChI is InChI=1S/C19H21N3O/c1-13-4-7-17-14(11-13)8-10-22(19(23)21-16-5-6-16)18(17)15-3-2-9-20-12-15/h2-4,7,9,11-12,16,18H,5-6,8,10H2,1H3,(H,21,23). The van der Waals surface area contributed by atoms with E-state index >= 15 is 0 Å². The molecule has 23 heavy (non-hydrogen) atoms. The number of urea groups is 1. The molecular weight excluding hydrogens is 286 g/mol. The number of nitrogens with zero attached hydrogens (tertiary/aromatic N) is 2. The molecule has 1 saturated carbocycles. The Morgan fingerprint density at radius 1 is 1.30 bits per heavy atom. The van der Waals surface area contributed by atoms with Crippen LogP contribution in [0.3, 0.4) is 0 Å². The number of carbonyl (C=O) groups is 1. The van der Waals surface area contributed by atoms with Crippen LogP contribution in [0.25, 0.3) is 0 Å². The number of fused-ring (bicyclic) bond motifs is 1. The molecule has 0 bridgehead atoms. The molecule has 1 atom stereocenters. The molecular formula is C19H21N3O. The van der Waals surface area contributed by atoms with Crippen LogP contribution in [0.1, 0.15) is 41.1 Å². The second-order valence-corrected chi connectivity index (χ2v) is 6.56. The van der Waals surface area contributed by atoms with Crippen molar-refractivity contribution in [3.8, 4) is 0 Å². The summed E-state index contributed by atoms with van der Waals surface area (Å²) in [5.41, 5.74) is 4.91. The number of rotatable bonds is 2. The Morgan fingerprint density at radius 3 is 2.91 bits per heavy atom. The molecule has 118 valence electrons. The number of carbonyl (C=O) groups excluding carboxylic acids is 1. The molecule has 1 N–H and O–H groups in total. The van der Waals surface area contributed by atoms with Crippen LogP contribution in [0.5, 0.6) is 0 Å². The van der Waals surface area contributed by atoms with Gasteiger partial charge >= 0.3 is 6.03 Å². The fourth-order valence-electron chi connectivity index (χ4n) is 3.36. The summed E-state index contributed by atoms with van der Waals surface area (Å²) in [7, 11) is 0. The summed E-state index contributed by atoms with van der Waals surface area (Å²) in [6.07, 6.45) is 6.76. The van der Waals surface area contributed by atoms with Crippen LogP contribution >= 0.6 is 0 Å². The number of aryl methyl sites for hydroxylation is 1. The first-order valence-electron chi connectivity index (χ1n) is 8.29. The minimum absolute atomic E-state index is 0.0487. The third-order valence-corrected chi connectivity index (χ3v) is 4.69. The molecule has 4 nitrogen and oxygen atoms in total. The van der Waals surface area contributed by atoms with E-state index in [9.17, 15) is 4.79 Å². The molecule has 1 aliphatic heterocycles. The van der Waals surface area contributed by atoms with Gasteiger partial charge in [-0.25, -0.2) is 4.79 Å². The monoisotopic (exact) mass is 307 g/mol. The van der Waals surface area contributed by atoms with E-state index in [-0.39, 0.29) is 12.1 Å². The predicted molar refractivity (Wildman–Crippen MR) is 89.2 cm³/mol. The van der Waals surface area contributed by atoms with Gasteiger partial charge in [-0.3, -0.25) is 4.98 Å². The van der Waals surface area contributed by atoms with Gasteiger partial charge in [0.15, 0.2) is 0 Å². The molecule has 2 aromatic rings. The van der Waals surface area contributed by atoms with E-state index in [4.69, 9.17) is 0 Å². The zero-order valence-electron chi connectivity index (χ0n) is 13.3. The lowest BCUT2D eigenvalue weighted by Gasteiger charge is -2.37. The lowest BCUT2D eigenvalue weighted by Crippen LogP contribution is -2.46. The normalized spacial score (nSPS) is 20.0. The molecule has 1 aromatic heterocycles. The maximum Gasteiger partial charge on any atom is 0.318 e. The van der Waals surface area contributed by atoms with Crippen molar-refractivity contribution in [2.75, 3.05) is 6.54 Å². The smallest absolute Gasteiger partial charge is 0.318 e. The summed E-state index contributed by atoms with van der Waals surface area (Å²) in [6, 6.07) is 10.9. The largest absolute Gasteiger partial charge is 0.335 e. The van der Waals surface area contributed by atoms with Gasteiger partial charge in [0.05, 0.1) is 6.04 Å². The van der Waals surface area contributed by atoms with Crippen LogP contribution in [-0.4, -0.2) is 28.5 Å². The van der Waals surface area contributed by atoms with E-state index in [0.717, 1.165) is 31.4 Å². The molecule has 2 aliphatic rings. The first-order chi connectivity index (χ1) is 11.2. The Labute approximate surface area is 136 Å². The van der Waals surface area contributed by atoms with Crippen molar-refractivity contribution < 1.29 is 4.79 Å². The number of nitrogens with one attached hydrogen (secondary N) is 1. The Morgan fingerprint density at radius 2 is 2.17 bits per heavy atom. The summed E-state index contributed by atoms with van der Waals surface area (Å²) in [4.78, 5) is 18.9. The van der Waals surface area contributed by atoms with Crippen molar-refractivity contribution >= 4 is 6.03 Å². The van der Waals surface area contributed by atoms with E-state index in [2.05, 4.69) is 41.5 Å². The van der Waals surface area contributed by atoms with Crippen molar-refractivity contribution in [2.24, 2.45) is 0 Å². The Kier molecular flexibility index (Phi) is 3.52. The minimum atomic E-state index is -0.0493.